The van der Waals surface area contributed by atoms with Crippen molar-refractivity contribution in [1.82, 2.24) is 9.78 Å². The first-order valence-electron chi connectivity index (χ1n) is 3.21. The van der Waals surface area contributed by atoms with Gasteiger partial charge in [0.2, 0.25) is 0 Å². The second-order valence-electron chi connectivity index (χ2n) is 2.66. The number of thiol groups is 1. The summed E-state index contributed by atoms with van der Waals surface area (Å²) in [5.74, 6) is 0.447. The molecule has 0 aliphatic carbocycles. The molecule has 0 spiro atoms. The summed E-state index contributed by atoms with van der Waals surface area (Å²) in [6.45, 7) is 1.92. The van der Waals surface area contributed by atoms with Crippen molar-refractivity contribution < 1.29 is 5.11 Å². The summed E-state index contributed by atoms with van der Waals surface area (Å²) in [6.07, 6.45) is 1.69. The Hall–Kier alpha value is -0.680. The van der Waals surface area contributed by atoms with Crippen LogP contribution in [0.3, 0.4) is 0 Å². The van der Waals surface area contributed by atoms with Gasteiger partial charge in [0.1, 0.15) is 10.8 Å². The molecule has 1 heterocycles. The van der Waals surface area contributed by atoms with Crippen LogP contribution in [0.4, 0.5) is 5.82 Å². The first-order valence-corrected chi connectivity index (χ1v) is 3.66. The summed E-state index contributed by atoms with van der Waals surface area (Å²) >= 11 is 3.93. The van der Waals surface area contributed by atoms with E-state index in [2.05, 4.69) is 17.7 Å². The number of nitrogen functional groups attached to an aromatic ring is 1. The van der Waals surface area contributed by atoms with Gasteiger partial charge >= 0.3 is 0 Å². The lowest BCUT2D eigenvalue weighted by atomic mass is 10.4. The van der Waals surface area contributed by atoms with Crippen molar-refractivity contribution in [2.75, 3.05) is 5.73 Å². The maximum absolute atomic E-state index is 9.24. The van der Waals surface area contributed by atoms with E-state index in [4.69, 9.17) is 5.73 Å². The Morgan fingerprint density at radius 2 is 2.55 bits per heavy atom. The van der Waals surface area contributed by atoms with Crippen LogP contribution in [0.5, 0.6) is 0 Å². The third kappa shape index (κ3) is 2.81. The molecule has 1 atom stereocenters. The second-order valence-corrected chi connectivity index (χ2v) is 3.62. The van der Waals surface area contributed by atoms with Gasteiger partial charge in [0.15, 0.2) is 0 Å². The summed E-state index contributed by atoms with van der Waals surface area (Å²) in [4.78, 5) is -1.04. The number of anilines is 1. The average molecular weight is 173 g/mol. The Labute approximate surface area is 70.4 Å². The van der Waals surface area contributed by atoms with Gasteiger partial charge in [-0.3, -0.25) is 4.68 Å². The van der Waals surface area contributed by atoms with E-state index in [1.54, 1.807) is 23.9 Å². The van der Waals surface area contributed by atoms with Crippen molar-refractivity contribution in [2.45, 2.75) is 18.4 Å². The normalized spacial score (nSPS) is 16.3. The third-order valence-corrected chi connectivity index (χ3v) is 1.26. The van der Waals surface area contributed by atoms with Crippen LogP contribution in [-0.2, 0) is 6.54 Å². The summed E-state index contributed by atoms with van der Waals surface area (Å²) in [5.41, 5.74) is 5.36. The fourth-order valence-corrected chi connectivity index (χ4v) is 0.917. The van der Waals surface area contributed by atoms with Crippen LogP contribution >= 0.6 is 12.6 Å². The molecule has 62 valence electrons. The van der Waals surface area contributed by atoms with E-state index in [1.807, 2.05) is 0 Å². The predicted molar refractivity (Wildman–Crippen MR) is 46.2 cm³/mol. The van der Waals surface area contributed by atoms with Gasteiger partial charge in [-0.1, -0.05) is 0 Å². The second kappa shape index (κ2) is 2.75. The van der Waals surface area contributed by atoms with Crippen LogP contribution in [0.2, 0.25) is 0 Å². The smallest absolute Gasteiger partial charge is 0.145 e. The molecule has 0 saturated heterocycles. The zero-order valence-electron chi connectivity index (χ0n) is 6.23. The van der Waals surface area contributed by atoms with Gasteiger partial charge in [0.05, 0.1) is 6.54 Å². The van der Waals surface area contributed by atoms with Gasteiger partial charge in [-0.05, 0) is 13.0 Å². The Morgan fingerprint density at radius 3 is 2.91 bits per heavy atom. The molecule has 0 aliphatic heterocycles. The van der Waals surface area contributed by atoms with Crippen molar-refractivity contribution >= 4 is 18.4 Å². The van der Waals surface area contributed by atoms with Gasteiger partial charge in [0, 0.05) is 6.20 Å². The molecular formula is C6H11N3OS. The van der Waals surface area contributed by atoms with Crippen LogP contribution in [-0.4, -0.2) is 19.8 Å². The fourth-order valence-electron chi connectivity index (χ4n) is 0.772. The van der Waals surface area contributed by atoms with Gasteiger partial charge in [-0.2, -0.15) is 5.10 Å². The summed E-state index contributed by atoms with van der Waals surface area (Å²) in [6, 6.07) is 1.67. The van der Waals surface area contributed by atoms with E-state index < -0.39 is 4.93 Å². The Morgan fingerprint density at radius 1 is 1.91 bits per heavy atom. The van der Waals surface area contributed by atoms with E-state index in [-0.39, 0.29) is 0 Å². The highest BCUT2D eigenvalue weighted by Gasteiger charge is 2.14. The average Bonchev–Trinajstić information content (AvgIpc) is 2.10. The molecule has 0 aromatic carbocycles. The largest absolute Gasteiger partial charge is 0.382 e. The molecule has 1 aromatic heterocycles. The third-order valence-electron chi connectivity index (χ3n) is 1.12. The molecule has 1 aromatic rings. The van der Waals surface area contributed by atoms with Crippen molar-refractivity contribution in [1.29, 1.82) is 0 Å². The number of hydrogen-bond donors (Lipinski definition) is 3. The van der Waals surface area contributed by atoms with E-state index in [1.165, 1.54) is 0 Å². The van der Waals surface area contributed by atoms with Gasteiger partial charge in [0.25, 0.3) is 0 Å². The highest BCUT2D eigenvalue weighted by atomic mass is 32.1. The molecule has 1 unspecified atom stereocenters. The van der Waals surface area contributed by atoms with Crippen molar-refractivity contribution in [3.05, 3.63) is 12.3 Å². The molecule has 0 saturated carbocycles. The van der Waals surface area contributed by atoms with E-state index in [9.17, 15) is 5.11 Å². The number of rotatable bonds is 2. The first-order chi connectivity index (χ1) is 4.97. The van der Waals surface area contributed by atoms with Crippen LogP contribution in [0.15, 0.2) is 12.3 Å². The highest BCUT2D eigenvalue weighted by molar-refractivity contribution is 7.81. The van der Waals surface area contributed by atoms with E-state index in [0.29, 0.717) is 12.4 Å². The lowest BCUT2D eigenvalue weighted by Gasteiger charge is -2.15. The first kappa shape index (κ1) is 8.42. The van der Waals surface area contributed by atoms with Crippen LogP contribution in [0.25, 0.3) is 0 Å². The Balaban J connectivity index is 2.65. The number of aliphatic hydroxyl groups is 1. The Bertz CT molecular complexity index is 240. The lowest BCUT2D eigenvalue weighted by Crippen LogP contribution is -2.23. The molecule has 3 N–H and O–H groups in total. The zero-order valence-corrected chi connectivity index (χ0v) is 7.12. The standard InChI is InChI=1S/C6H11N3OS/c1-6(10,11)4-9-3-2-5(7)8-9/h2-3,10-11H,4H2,1H3,(H2,7,8). The summed E-state index contributed by atoms with van der Waals surface area (Å²) in [5, 5.41) is 13.1. The molecule has 0 fully saturated rings. The predicted octanol–water partition coefficient (Wildman–Crippen LogP) is 0.104. The molecule has 0 radical (unpaired) electrons. The van der Waals surface area contributed by atoms with Gasteiger partial charge in [-0.25, -0.2) is 0 Å². The van der Waals surface area contributed by atoms with Crippen molar-refractivity contribution in [3.63, 3.8) is 0 Å². The van der Waals surface area contributed by atoms with E-state index in [0.717, 1.165) is 0 Å². The topological polar surface area (TPSA) is 64.1 Å². The molecule has 0 aliphatic rings. The molecule has 11 heavy (non-hydrogen) atoms. The molecule has 0 bridgehead atoms. The fraction of sp³-hybridized carbons (Fsp3) is 0.500. The van der Waals surface area contributed by atoms with Crippen LogP contribution in [0, 0.1) is 0 Å². The highest BCUT2D eigenvalue weighted by Crippen LogP contribution is 2.11. The minimum Gasteiger partial charge on any atom is -0.382 e. The van der Waals surface area contributed by atoms with Crippen molar-refractivity contribution in [3.8, 4) is 0 Å². The van der Waals surface area contributed by atoms with Gasteiger partial charge in [-0.15, -0.1) is 12.6 Å². The Kier molecular flexibility index (Phi) is 2.10. The number of aromatic nitrogens is 2. The maximum atomic E-state index is 9.24. The molecule has 0 amide bonds. The number of hydrogen-bond acceptors (Lipinski definition) is 4. The van der Waals surface area contributed by atoms with Crippen molar-refractivity contribution in [2.24, 2.45) is 0 Å². The monoisotopic (exact) mass is 173 g/mol. The molecule has 1 rings (SSSR count). The van der Waals surface area contributed by atoms with Gasteiger partial charge < -0.3 is 10.8 Å². The maximum Gasteiger partial charge on any atom is 0.145 e. The van der Waals surface area contributed by atoms with Crippen LogP contribution in [0.1, 0.15) is 6.92 Å². The zero-order chi connectivity index (χ0) is 8.48. The molecule has 4 nitrogen and oxygen atoms in total. The molecule has 5 heteroatoms. The SMILES string of the molecule is CC(O)(S)Cn1ccc(N)n1. The summed E-state index contributed by atoms with van der Waals surface area (Å²) in [7, 11) is 0. The minimum absolute atomic E-state index is 0.327. The lowest BCUT2D eigenvalue weighted by molar-refractivity contribution is 0.135. The number of nitrogens with zero attached hydrogens (tertiary/aromatic N) is 2. The summed E-state index contributed by atoms with van der Waals surface area (Å²) < 4.78 is 1.54. The van der Waals surface area contributed by atoms with Crippen LogP contribution < -0.4 is 5.73 Å². The molecular weight excluding hydrogens is 162 g/mol. The number of nitrogens with two attached hydrogens (primary N) is 1. The quantitative estimate of drug-likeness (QED) is 0.439. The van der Waals surface area contributed by atoms with E-state index >= 15 is 0 Å². The minimum atomic E-state index is -1.04.